The van der Waals surface area contributed by atoms with Gasteiger partial charge in [0.1, 0.15) is 5.75 Å². The molecule has 0 fully saturated rings. The highest BCUT2D eigenvalue weighted by Gasteiger charge is 2.19. The minimum Gasteiger partial charge on any atom is -0.434 e. The van der Waals surface area contributed by atoms with Gasteiger partial charge in [-0.15, -0.1) is 10.2 Å². The maximum Gasteiger partial charge on any atom is 0.387 e. The van der Waals surface area contributed by atoms with Crippen molar-refractivity contribution >= 4 is 46.6 Å². The van der Waals surface area contributed by atoms with E-state index in [4.69, 9.17) is 23.2 Å². The van der Waals surface area contributed by atoms with Crippen LogP contribution in [0.4, 0.5) is 14.5 Å². The maximum atomic E-state index is 12.7. The summed E-state index contributed by atoms with van der Waals surface area (Å²) in [5.41, 5.74) is 0.791. The number of hydrogen-bond acceptors (Lipinski definition) is 5. The van der Waals surface area contributed by atoms with Crippen LogP contribution in [-0.4, -0.2) is 33.0 Å². The fourth-order valence-corrected chi connectivity index (χ4v) is 3.78. The molecule has 3 aromatic rings. The van der Waals surface area contributed by atoms with E-state index in [-0.39, 0.29) is 17.4 Å². The lowest BCUT2D eigenvalue weighted by Gasteiger charge is -2.12. The van der Waals surface area contributed by atoms with Crippen LogP contribution in [0.2, 0.25) is 10.0 Å². The average Bonchev–Trinajstić information content (AvgIpc) is 3.12. The van der Waals surface area contributed by atoms with Gasteiger partial charge in [0, 0.05) is 11.6 Å². The van der Waals surface area contributed by atoms with Crippen LogP contribution in [-0.2, 0) is 11.3 Å². The third-order valence-electron chi connectivity index (χ3n) is 3.91. The summed E-state index contributed by atoms with van der Waals surface area (Å²) in [4.78, 5) is 12.3. The number of carbonyl (C=O) groups is 1. The zero-order chi connectivity index (χ0) is 21.7. The van der Waals surface area contributed by atoms with Crippen molar-refractivity contribution in [2.75, 3.05) is 11.1 Å². The number of para-hydroxylation sites is 1. The molecular weight excluding hydrogens is 457 g/mol. The molecule has 30 heavy (non-hydrogen) atoms. The third kappa shape index (κ3) is 5.41. The van der Waals surface area contributed by atoms with Crippen LogP contribution >= 0.6 is 35.0 Å². The van der Waals surface area contributed by atoms with Crippen LogP contribution in [0.15, 0.2) is 47.6 Å². The molecule has 0 radical (unpaired) electrons. The molecule has 0 saturated carbocycles. The zero-order valence-electron chi connectivity index (χ0n) is 15.6. The molecule has 3 rings (SSSR count). The molecule has 1 amide bonds. The second-order valence-corrected chi connectivity index (χ2v) is 7.67. The number of hydrogen-bond donors (Lipinski definition) is 1. The summed E-state index contributed by atoms with van der Waals surface area (Å²) >= 11 is 13.1. The molecule has 0 aliphatic rings. The lowest BCUT2D eigenvalue weighted by molar-refractivity contribution is -0.113. The second-order valence-electron chi connectivity index (χ2n) is 5.89. The van der Waals surface area contributed by atoms with Gasteiger partial charge in [0.25, 0.3) is 0 Å². The number of rotatable bonds is 8. The molecule has 0 unspecified atom stereocenters. The van der Waals surface area contributed by atoms with Crippen molar-refractivity contribution in [3.05, 3.63) is 52.5 Å². The van der Waals surface area contributed by atoms with Crippen LogP contribution in [0.25, 0.3) is 11.4 Å². The van der Waals surface area contributed by atoms with Gasteiger partial charge in [0.05, 0.1) is 22.0 Å². The summed E-state index contributed by atoms with van der Waals surface area (Å²) in [6, 6.07) is 11.1. The van der Waals surface area contributed by atoms with Gasteiger partial charge in [-0.2, -0.15) is 8.78 Å². The van der Waals surface area contributed by atoms with Crippen molar-refractivity contribution in [3.63, 3.8) is 0 Å². The Kier molecular flexibility index (Phi) is 7.52. The molecule has 2 aromatic carbocycles. The van der Waals surface area contributed by atoms with E-state index in [1.165, 1.54) is 6.07 Å². The van der Waals surface area contributed by atoms with Crippen LogP contribution in [0.5, 0.6) is 5.75 Å². The van der Waals surface area contributed by atoms with Gasteiger partial charge >= 0.3 is 6.61 Å². The predicted octanol–water partition coefficient (Wildman–Crippen LogP) is 5.60. The van der Waals surface area contributed by atoms with Crippen LogP contribution < -0.4 is 10.1 Å². The Bertz CT molecular complexity index is 1050. The van der Waals surface area contributed by atoms with Gasteiger partial charge < -0.3 is 14.6 Å². The standard InChI is InChI=1S/C19H16Cl2F2N4O2S/c1-2-27-17(12-5-3-4-6-15(12)29-18(22)23)25-26-19(27)30-10-16(28)24-14-9-11(20)7-8-13(14)21/h3-9,18H,2,10H2,1H3,(H,24,28). The van der Waals surface area contributed by atoms with E-state index in [0.29, 0.717) is 38.8 Å². The third-order valence-corrected chi connectivity index (χ3v) is 5.44. The zero-order valence-corrected chi connectivity index (χ0v) is 17.9. The van der Waals surface area contributed by atoms with E-state index in [9.17, 15) is 13.6 Å². The van der Waals surface area contributed by atoms with Crippen LogP contribution in [0.3, 0.4) is 0 Å². The normalized spacial score (nSPS) is 11.0. The minimum atomic E-state index is -2.96. The van der Waals surface area contributed by atoms with E-state index in [1.807, 2.05) is 6.92 Å². The molecule has 11 heteroatoms. The predicted molar refractivity (Wildman–Crippen MR) is 114 cm³/mol. The first-order chi connectivity index (χ1) is 14.4. The number of carbonyl (C=O) groups excluding carboxylic acids is 1. The van der Waals surface area contributed by atoms with Crippen molar-refractivity contribution in [1.82, 2.24) is 14.8 Å². The van der Waals surface area contributed by atoms with Crippen LogP contribution in [0.1, 0.15) is 6.92 Å². The van der Waals surface area contributed by atoms with Crippen molar-refractivity contribution in [2.24, 2.45) is 0 Å². The Morgan fingerprint density at radius 3 is 2.73 bits per heavy atom. The van der Waals surface area contributed by atoms with Gasteiger partial charge in [0.15, 0.2) is 11.0 Å². The Hall–Kier alpha value is -2.36. The quantitative estimate of drug-likeness (QED) is 0.431. The van der Waals surface area contributed by atoms with Crippen molar-refractivity contribution < 1.29 is 18.3 Å². The Morgan fingerprint density at radius 2 is 2.00 bits per heavy atom. The number of amides is 1. The first-order valence-electron chi connectivity index (χ1n) is 8.74. The number of halogens is 4. The Morgan fingerprint density at radius 1 is 1.23 bits per heavy atom. The van der Waals surface area contributed by atoms with Crippen LogP contribution in [0, 0.1) is 0 Å². The number of benzene rings is 2. The first kappa shape index (κ1) is 22.3. The number of nitrogens with zero attached hydrogens (tertiary/aromatic N) is 3. The summed E-state index contributed by atoms with van der Waals surface area (Å²) < 4.78 is 31.7. The molecule has 0 atom stereocenters. The van der Waals surface area contributed by atoms with Gasteiger partial charge in [0.2, 0.25) is 5.91 Å². The molecule has 0 spiro atoms. The fourth-order valence-electron chi connectivity index (χ4n) is 2.64. The smallest absolute Gasteiger partial charge is 0.387 e. The Balaban J connectivity index is 1.75. The first-order valence-corrected chi connectivity index (χ1v) is 10.5. The summed E-state index contributed by atoms with van der Waals surface area (Å²) in [5.74, 6) is 0.0997. The fraction of sp³-hybridized carbons (Fsp3) is 0.211. The minimum absolute atomic E-state index is 0.000471. The molecule has 0 aliphatic carbocycles. The molecule has 158 valence electrons. The number of aromatic nitrogens is 3. The van der Waals surface area contributed by atoms with Gasteiger partial charge in [-0.25, -0.2) is 0 Å². The molecule has 1 N–H and O–H groups in total. The molecule has 6 nitrogen and oxygen atoms in total. The highest BCUT2D eigenvalue weighted by Crippen LogP contribution is 2.32. The number of ether oxygens (including phenoxy) is 1. The lowest BCUT2D eigenvalue weighted by atomic mass is 10.2. The van der Waals surface area contributed by atoms with Gasteiger partial charge in [-0.3, -0.25) is 4.79 Å². The number of anilines is 1. The summed E-state index contributed by atoms with van der Waals surface area (Å²) in [6.45, 7) is -0.630. The summed E-state index contributed by atoms with van der Waals surface area (Å²) in [6.07, 6.45) is 0. The monoisotopic (exact) mass is 472 g/mol. The molecule has 1 heterocycles. The van der Waals surface area contributed by atoms with Gasteiger partial charge in [-0.05, 0) is 37.3 Å². The highest BCUT2D eigenvalue weighted by atomic mass is 35.5. The number of alkyl halides is 2. The highest BCUT2D eigenvalue weighted by molar-refractivity contribution is 7.99. The van der Waals surface area contributed by atoms with E-state index in [1.54, 1.807) is 41.0 Å². The number of thioether (sulfide) groups is 1. The molecule has 0 saturated heterocycles. The molecule has 1 aromatic heterocycles. The molecule has 0 bridgehead atoms. The van der Waals surface area contributed by atoms with Crippen molar-refractivity contribution in [2.45, 2.75) is 25.2 Å². The van der Waals surface area contributed by atoms with Crippen molar-refractivity contribution in [3.8, 4) is 17.1 Å². The number of nitrogens with one attached hydrogen (secondary N) is 1. The summed E-state index contributed by atoms with van der Waals surface area (Å²) in [5, 5.41) is 12.2. The molecular formula is C19H16Cl2F2N4O2S. The lowest BCUT2D eigenvalue weighted by Crippen LogP contribution is -2.15. The van der Waals surface area contributed by atoms with E-state index < -0.39 is 6.61 Å². The van der Waals surface area contributed by atoms with Crippen molar-refractivity contribution in [1.29, 1.82) is 0 Å². The second kappa shape index (κ2) is 10.1. The van der Waals surface area contributed by atoms with E-state index in [2.05, 4.69) is 20.3 Å². The van der Waals surface area contributed by atoms with E-state index in [0.717, 1.165) is 11.8 Å². The largest absolute Gasteiger partial charge is 0.434 e. The molecule has 0 aliphatic heterocycles. The van der Waals surface area contributed by atoms with Gasteiger partial charge in [-0.1, -0.05) is 47.1 Å². The van der Waals surface area contributed by atoms with E-state index >= 15 is 0 Å². The Labute approximate surface area is 185 Å². The SMILES string of the molecule is CCn1c(SCC(=O)Nc2cc(Cl)ccc2Cl)nnc1-c1ccccc1OC(F)F. The summed E-state index contributed by atoms with van der Waals surface area (Å²) in [7, 11) is 0. The topological polar surface area (TPSA) is 69.0 Å². The average molecular weight is 473 g/mol. The maximum absolute atomic E-state index is 12.7.